The summed E-state index contributed by atoms with van der Waals surface area (Å²) in [7, 11) is -7.92. The second-order valence-corrected chi connectivity index (χ2v) is 12.1. The molecule has 0 atom stereocenters. The van der Waals surface area contributed by atoms with Gasteiger partial charge in [0.05, 0.1) is 36.2 Å². The van der Waals surface area contributed by atoms with Gasteiger partial charge in [0.1, 0.15) is 0 Å². The van der Waals surface area contributed by atoms with Crippen molar-refractivity contribution < 1.29 is 29.9 Å². The number of hydrogen-bond acceptors (Lipinski definition) is 7. The normalized spacial score (nSPS) is 19.5. The van der Waals surface area contributed by atoms with Crippen LogP contribution >= 0.6 is 0 Å². The van der Waals surface area contributed by atoms with Crippen molar-refractivity contribution in [3.8, 4) is 0 Å². The van der Waals surface area contributed by atoms with Crippen molar-refractivity contribution in [3.05, 3.63) is 59.7 Å². The van der Waals surface area contributed by atoms with Gasteiger partial charge in [0.15, 0.2) is 0 Å². The van der Waals surface area contributed by atoms with Crippen LogP contribution in [0, 0.1) is 24.7 Å². The van der Waals surface area contributed by atoms with Crippen LogP contribution in [-0.4, -0.2) is 43.3 Å². The van der Waals surface area contributed by atoms with Gasteiger partial charge < -0.3 is 4.74 Å². The maximum Gasteiger partial charge on any atom is 0.296 e. The topological polar surface area (TPSA) is 96.0 Å². The lowest BCUT2D eigenvalue weighted by Crippen LogP contribution is -2.61. The fourth-order valence-electron chi connectivity index (χ4n) is 4.33. The van der Waals surface area contributed by atoms with Gasteiger partial charge in [-0.25, -0.2) is 0 Å². The van der Waals surface area contributed by atoms with E-state index in [1.54, 1.807) is 24.3 Å². The van der Waals surface area contributed by atoms with Gasteiger partial charge >= 0.3 is 0 Å². The quantitative estimate of drug-likeness (QED) is 0.551. The van der Waals surface area contributed by atoms with E-state index in [0.29, 0.717) is 26.1 Å². The van der Waals surface area contributed by atoms with Crippen molar-refractivity contribution in [2.24, 2.45) is 10.8 Å². The summed E-state index contributed by atoms with van der Waals surface area (Å²) in [5.41, 5.74) is 1.14. The van der Waals surface area contributed by atoms with Crippen molar-refractivity contribution in [2.75, 3.05) is 26.4 Å². The van der Waals surface area contributed by atoms with Crippen LogP contribution in [0.3, 0.4) is 0 Å². The first-order valence-electron chi connectivity index (χ1n) is 10.0. The Kier molecular flexibility index (Phi) is 5.76. The molecule has 1 aliphatic carbocycles. The smallest absolute Gasteiger partial charge is 0.296 e. The van der Waals surface area contributed by atoms with Crippen LogP contribution in [0.4, 0.5) is 0 Å². The lowest BCUT2D eigenvalue weighted by atomic mass is 9.52. The van der Waals surface area contributed by atoms with E-state index in [1.165, 1.54) is 24.3 Å². The summed E-state index contributed by atoms with van der Waals surface area (Å²) in [5, 5.41) is 0. The monoisotopic (exact) mass is 466 g/mol. The van der Waals surface area contributed by atoms with Crippen LogP contribution in [0.25, 0.3) is 0 Å². The summed E-state index contributed by atoms with van der Waals surface area (Å²) in [5.74, 6) is 0. The van der Waals surface area contributed by atoms with Gasteiger partial charge in [-0.05, 0) is 51.0 Å². The highest BCUT2D eigenvalue weighted by Crippen LogP contribution is 2.58. The van der Waals surface area contributed by atoms with E-state index in [0.717, 1.165) is 11.1 Å². The fraction of sp³-hybridized carbons (Fsp3) is 0.455. The molecule has 1 heterocycles. The molecule has 0 aromatic heterocycles. The van der Waals surface area contributed by atoms with Crippen LogP contribution in [0.15, 0.2) is 58.3 Å². The molecule has 7 nitrogen and oxygen atoms in total. The van der Waals surface area contributed by atoms with Crippen LogP contribution in [0.1, 0.15) is 24.0 Å². The Morgan fingerprint density at radius 1 is 0.742 bits per heavy atom. The summed E-state index contributed by atoms with van der Waals surface area (Å²) in [4.78, 5) is 0.143. The average molecular weight is 467 g/mol. The number of ether oxygens (including phenoxy) is 1. The molecule has 1 saturated carbocycles. The zero-order valence-electron chi connectivity index (χ0n) is 17.5. The molecule has 1 aliphatic heterocycles. The number of rotatable bonds is 8. The predicted molar refractivity (Wildman–Crippen MR) is 114 cm³/mol. The summed E-state index contributed by atoms with van der Waals surface area (Å²) in [6, 6.07) is 12.8. The highest BCUT2D eigenvalue weighted by atomic mass is 32.2. The Morgan fingerprint density at radius 2 is 1.13 bits per heavy atom. The Balaban J connectivity index is 1.47. The summed E-state index contributed by atoms with van der Waals surface area (Å²) >= 11 is 0. The largest absolute Gasteiger partial charge is 0.380 e. The van der Waals surface area contributed by atoms with E-state index in [2.05, 4.69) is 0 Å². The maximum absolute atomic E-state index is 12.6. The minimum absolute atomic E-state index is 0.0338. The van der Waals surface area contributed by atoms with Gasteiger partial charge in [0.2, 0.25) is 0 Å². The maximum atomic E-state index is 12.6. The molecule has 4 rings (SSSR count). The molecule has 0 amide bonds. The Bertz CT molecular complexity index is 1060. The fourth-order valence-corrected chi connectivity index (χ4v) is 6.35. The first kappa shape index (κ1) is 22.4. The average Bonchev–Trinajstić information content (AvgIpc) is 2.66. The molecule has 31 heavy (non-hydrogen) atoms. The molecule has 1 spiro atoms. The predicted octanol–water partition coefficient (Wildman–Crippen LogP) is 3.21. The number of aryl methyl sites for hydroxylation is 2. The van der Waals surface area contributed by atoms with Crippen molar-refractivity contribution in [3.63, 3.8) is 0 Å². The zero-order valence-corrected chi connectivity index (χ0v) is 19.2. The Labute approximate surface area is 183 Å². The SMILES string of the molecule is Cc1ccc(S(=O)(=O)OCC2(COS(=O)(=O)c3ccc(C)cc3)CC3(COC3)C2)cc1. The molecule has 0 N–H and O–H groups in total. The third-order valence-corrected chi connectivity index (χ3v) is 8.53. The summed E-state index contributed by atoms with van der Waals surface area (Å²) in [6.07, 6.45) is 1.18. The first-order chi connectivity index (χ1) is 14.5. The summed E-state index contributed by atoms with van der Waals surface area (Å²) in [6.45, 7) is 4.62. The molecule has 1 saturated heterocycles. The molecule has 2 aromatic rings. The molecule has 9 heteroatoms. The number of hydrogen-bond donors (Lipinski definition) is 0. The van der Waals surface area contributed by atoms with Gasteiger partial charge in [-0.1, -0.05) is 35.4 Å². The molecule has 2 aliphatic rings. The van der Waals surface area contributed by atoms with E-state index >= 15 is 0 Å². The lowest BCUT2D eigenvalue weighted by molar-refractivity contribution is -0.224. The van der Waals surface area contributed by atoms with Crippen molar-refractivity contribution in [1.82, 2.24) is 0 Å². The zero-order chi connectivity index (χ0) is 22.3. The third-order valence-electron chi connectivity index (χ3n) is 5.98. The van der Waals surface area contributed by atoms with E-state index in [9.17, 15) is 16.8 Å². The molecular weight excluding hydrogens is 440 g/mol. The minimum Gasteiger partial charge on any atom is -0.380 e. The second kappa shape index (κ2) is 7.97. The van der Waals surface area contributed by atoms with E-state index in [-0.39, 0.29) is 28.4 Å². The molecular formula is C22H26O7S2. The summed E-state index contributed by atoms with van der Waals surface area (Å²) < 4.78 is 66.5. The van der Waals surface area contributed by atoms with E-state index in [4.69, 9.17) is 13.1 Å². The second-order valence-electron chi connectivity index (χ2n) is 8.91. The third kappa shape index (κ3) is 4.70. The molecule has 0 radical (unpaired) electrons. The molecule has 2 aromatic carbocycles. The van der Waals surface area contributed by atoms with Crippen molar-refractivity contribution >= 4 is 20.2 Å². The molecule has 168 valence electrons. The van der Waals surface area contributed by atoms with Crippen LogP contribution in [0.2, 0.25) is 0 Å². The van der Waals surface area contributed by atoms with Gasteiger partial charge in [-0.3, -0.25) is 8.37 Å². The standard InChI is InChI=1S/C22H26O7S2/c1-17-3-7-19(8-4-17)30(23,24)28-15-22(11-21(12-22)13-27-14-21)16-29-31(25,26)20-9-5-18(2)6-10-20/h3-10H,11-16H2,1-2H3. The van der Waals surface area contributed by atoms with Gasteiger partial charge in [-0.2, -0.15) is 16.8 Å². The van der Waals surface area contributed by atoms with Gasteiger partial charge in [0.25, 0.3) is 20.2 Å². The van der Waals surface area contributed by atoms with Gasteiger partial charge in [0, 0.05) is 10.8 Å². The Morgan fingerprint density at radius 3 is 1.45 bits per heavy atom. The minimum atomic E-state index is -3.96. The van der Waals surface area contributed by atoms with Crippen molar-refractivity contribution in [2.45, 2.75) is 36.5 Å². The van der Waals surface area contributed by atoms with Crippen LogP contribution < -0.4 is 0 Å². The van der Waals surface area contributed by atoms with Crippen LogP contribution in [0.5, 0.6) is 0 Å². The molecule has 2 fully saturated rings. The van der Waals surface area contributed by atoms with Gasteiger partial charge in [-0.15, -0.1) is 0 Å². The van der Waals surface area contributed by atoms with Crippen molar-refractivity contribution in [1.29, 1.82) is 0 Å². The highest BCUT2D eigenvalue weighted by Gasteiger charge is 2.59. The van der Waals surface area contributed by atoms with E-state index < -0.39 is 25.7 Å². The van der Waals surface area contributed by atoms with Crippen LogP contribution in [-0.2, 0) is 33.3 Å². The molecule has 0 unspecified atom stereocenters. The molecule has 0 bridgehead atoms. The number of benzene rings is 2. The Hall–Kier alpha value is -1.78. The highest BCUT2D eigenvalue weighted by molar-refractivity contribution is 7.87. The lowest BCUT2D eigenvalue weighted by Gasteiger charge is -2.59. The van der Waals surface area contributed by atoms with E-state index in [1.807, 2.05) is 13.8 Å². The first-order valence-corrected chi connectivity index (χ1v) is 12.9.